The molecule has 0 spiro atoms. The molecule has 1 amide bonds. The van der Waals surface area contributed by atoms with Crippen LogP contribution in [0.25, 0.3) is 0 Å². The Labute approximate surface area is 161 Å². The number of rotatable bonds is 5. The van der Waals surface area contributed by atoms with Gasteiger partial charge in [-0.05, 0) is 49.2 Å². The zero-order chi connectivity index (χ0) is 19.7. The quantitative estimate of drug-likeness (QED) is 0.632. The van der Waals surface area contributed by atoms with Crippen molar-refractivity contribution in [2.75, 3.05) is 36.4 Å². The lowest BCUT2D eigenvalue weighted by Crippen LogP contribution is -2.48. The molecule has 0 aromatic heterocycles. The van der Waals surface area contributed by atoms with Gasteiger partial charge in [0.25, 0.3) is 11.6 Å². The molecule has 28 heavy (non-hydrogen) atoms. The van der Waals surface area contributed by atoms with Crippen LogP contribution in [0, 0.1) is 15.9 Å². The molecule has 2 aliphatic rings. The summed E-state index contributed by atoms with van der Waals surface area (Å²) in [6, 6.07) is 11.0. The lowest BCUT2D eigenvalue weighted by Gasteiger charge is -2.36. The van der Waals surface area contributed by atoms with Crippen LogP contribution in [0.1, 0.15) is 23.2 Å². The van der Waals surface area contributed by atoms with Crippen LogP contribution in [-0.2, 0) is 0 Å². The molecule has 2 aromatic carbocycles. The van der Waals surface area contributed by atoms with E-state index < -0.39 is 0 Å². The van der Waals surface area contributed by atoms with Crippen molar-refractivity contribution in [2.24, 2.45) is 0 Å². The van der Waals surface area contributed by atoms with Crippen molar-refractivity contribution in [3.63, 3.8) is 0 Å². The Morgan fingerprint density at radius 2 is 1.75 bits per heavy atom. The molecule has 0 bridgehead atoms. The van der Waals surface area contributed by atoms with Gasteiger partial charge in [-0.15, -0.1) is 0 Å². The average Bonchev–Trinajstić information content (AvgIpc) is 3.52. The molecule has 146 valence electrons. The van der Waals surface area contributed by atoms with Crippen LogP contribution < -0.4 is 10.2 Å². The minimum absolute atomic E-state index is 0.0840. The van der Waals surface area contributed by atoms with Crippen LogP contribution >= 0.6 is 0 Å². The number of nitro benzene ring substituents is 1. The average molecular weight is 384 g/mol. The van der Waals surface area contributed by atoms with Gasteiger partial charge >= 0.3 is 0 Å². The maximum atomic E-state index is 13.0. The normalized spacial score (nSPS) is 16.8. The summed E-state index contributed by atoms with van der Waals surface area (Å²) in [5.41, 5.74) is 2.01. The Kier molecular flexibility index (Phi) is 4.85. The molecule has 2 aromatic rings. The Morgan fingerprint density at radius 3 is 2.36 bits per heavy atom. The van der Waals surface area contributed by atoms with Crippen molar-refractivity contribution >= 4 is 23.0 Å². The van der Waals surface area contributed by atoms with Gasteiger partial charge in [-0.1, -0.05) is 0 Å². The summed E-state index contributed by atoms with van der Waals surface area (Å²) < 4.78 is 13.0. The van der Waals surface area contributed by atoms with E-state index in [0.29, 0.717) is 43.5 Å². The zero-order valence-electron chi connectivity index (χ0n) is 15.3. The number of amides is 1. The molecule has 1 aliphatic heterocycles. The van der Waals surface area contributed by atoms with E-state index >= 15 is 0 Å². The van der Waals surface area contributed by atoms with Gasteiger partial charge in [-0.2, -0.15) is 0 Å². The number of halogens is 1. The summed E-state index contributed by atoms with van der Waals surface area (Å²) in [5, 5.41) is 14.5. The SMILES string of the molecule is O=C(c1ccc(F)cc1)N1CCN(c2ccc([N+](=O)[O-])c(NC3CC3)c2)CC1. The van der Waals surface area contributed by atoms with E-state index in [1.165, 1.54) is 30.3 Å². The molecule has 4 rings (SSSR count). The van der Waals surface area contributed by atoms with Crippen molar-refractivity contribution in [1.29, 1.82) is 0 Å². The first-order valence-electron chi connectivity index (χ1n) is 9.36. The van der Waals surface area contributed by atoms with Crippen molar-refractivity contribution in [1.82, 2.24) is 4.90 Å². The topological polar surface area (TPSA) is 78.7 Å². The van der Waals surface area contributed by atoms with Gasteiger partial charge in [0.1, 0.15) is 11.5 Å². The number of benzene rings is 2. The smallest absolute Gasteiger partial charge is 0.292 e. The van der Waals surface area contributed by atoms with E-state index in [-0.39, 0.29) is 22.3 Å². The van der Waals surface area contributed by atoms with E-state index in [4.69, 9.17) is 0 Å². The van der Waals surface area contributed by atoms with Gasteiger partial charge in [0.2, 0.25) is 0 Å². The molecular weight excluding hydrogens is 363 g/mol. The highest BCUT2D eigenvalue weighted by Crippen LogP contribution is 2.34. The molecule has 7 nitrogen and oxygen atoms in total. The predicted octanol–water partition coefficient (Wildman–Crippen LogP) is 3.27. The first-order valence-corrected chi connectivity index (χ1v) is 9.36. The number of carbonyl (C=O) groups excluding carboxylic acids is 1. The van der Waals surface area contributed by atoms with Crippen LogP contribution in [0.3, 0.4) is 0 Å². The highest BCUT2D eigenvalue weighted by atomic mass is 19.1. The summed E-state index contributed by atoms with van der Waals surface area (Å²) in [7, 11) is 0. The number of nitrogens with one attached hydrogen (secondary N) is 1. The molecule has 1 N–H and O–H groups in total. The van der Waals surface area contributed by atoms with Crippen molar-refractivity contribution in [2.45, 2.75) is 18.9 Å². The maximum Gasteiger partial charge on any atom is 0.292 e. The Balaban J connectivity index is 1.43. The summed E-state index contributed by atoms with van der Waals surface area (Å²) in [6.45, 7) is 2.35. The summed E-state index contributed by atoms with van der Waals surface area (Å²) in [5.74, 6) is -0.477. The summed E-state index contributed by atoms with van der Waals surface area (Å²) in [6.07, 6.45) is 2.07. The Hall–Kier alpha value is -3.16. The van der Waals surface area contributed by atoms with Crippen molar-refractivity contribution < 1.29 is 14.1 Å². The Morgan fingerprint density at radius 1 is 1.07 bits per heavy atom. The molecule has 1 heterocycles. The molecule has 1 aliphatic carbocycles. The first kappa shape index (κ1) is 18.2. The summed E-state index contributed by atoms with van der Waals surface area (Å²) >= 11 is 0. The molecule has 0 unspecified atom stereocenters. The molecule has 0 radical (unpaired) electrons. The molecule has 8 heteroatoms. The zero-order valence-corrected chi connectivity index (χ0v) is 15.3. The third kappa shape index (κ3) is 3.90. The highest BCUT2D eigenvalue weighted by molar-refractivity contribution is 5.94. The highest BCUT2D eigenvalue weighted by Gasteiger charge is 2.27. The number of piperazine rings is 1. The Bertz CT molecular complexity index is 891. The van der Waals surface area contributed by atoms with Crippen molar-refractivity contribution in [3.8, 4) is 0 Å². The summed E-state index contributed by atoms with van der Waals surface area (Å²) in [4.78, 5) is 27.3. The van der Waals surface area contributed by atoms with E-state index in [0.717, 1.165) is 18.5 Å². The molecular formula is C20H21FN4O3. The number of nitro groups is 1. The van der Waals surface area contributed by atoms with Gasteiger partial charge < -0.3 is 15.1 Å². The second-order valence-corrected chi connectivity index (χ2v) is 7.16. The third-order valence-corrected chi connectivity index (χ3v) is 5.14. The third-order valence-electron chi connectivity index (χ3n) is 5.14. The minimum Gasteiger partial charge on any atom is -0.377 e. The molecule has 1 saturated heterocycles. The minimum atomic E-state index is -0.367. The van der Waals surface area contributed by atoms with Crippen molar-refractivity contribution in [3.05, 3.63) is 64.0 Å². The monoisotopic (exact) mass is 384 g/mol. The van der Waals surface area contributed by atoms with Crippen LogP contribution in [0.2, 0.25) is 0 Å². The van der Waals surface area contributed by atoms with Crippen LogP contribution in [-0.4, -0.2) is 48.0 Å². The number of anilines is 2. The van der Waals surface area contributed by atoms with Crippen LogP contribution in [0.15, 0.2) is 42.5 Å². The number of hydrogen-bond donors (Lipinski definition) is 1. The molecule has 1 saturated carbocycles. The number of carbonyl (C=O) groups is 1. The number of hydrogen-bond acceptors (Lipinski definition) is 5. The lowest BCUT2D eigenvalue weighted by molar-refractivity contribution is -0.384. The van der Waals surface area contributed by atoms with E-state index in [9.17, 15) is 19.3 Å². The van der Waals surface area contributed by atoms with Gasteiger partial charge in [0.15, 0.2) is 0 Å². The van der Waals surface area contributed by atoms with Gasteiger partial charge in [-0.3, -0.25) is 14.9 Å². The van der Waals surface area contributed by atoms with E-state index in [1.54, 1.807) is 11.0 Å². The lowest BCUT2D eigenvalue weighted by atomic mass is 10.1. The second-order valence-electron chi connectivity index (χ2n) is 7.16. The predicted molar refractivity (Wildman–Crippen MR) is 104 cm³/mol. The van der Waals surface area contributed by atoms with Gasteiger partial charge in [0.05, 0.1) is 4.92 Å². The van der Waals surface area contributed by atoms with Crippen LogP contribution in [0.4, 0.5) is 21.5 Å². The fourth-order valence-corrected chi connectivity index (χ4v) is 3.39. The maximum absolute atomic E-state index is 13.0. The standard InChI is InChI=1S/C20H21FN4O3/c21-15-3-1-14(2-4-15)20(26)24-11-9-23(10-12-24)17-7-8-19(25(27)28)18(13-17)22-16-5-6-16/h1-4,7-8,13,16,22H,5-6,9-12H2. The van der Waals surface area contributed by atoms with Crippen LogP contribution in [0.5, 0.6) is 0 Å². The van der Waals surface area contributed by atoms with Gasteiger partial charge in [-0.25, -0.2) is 4.39 Å². The first-order chi connectivity index (χ1) is 13.5. The molecule has 0 atom stereocenters. The fourth-order valence-electron chi connectivity index (χ4n) is 3.39. The fraction of sp³-hybridized carbons (Fsp3) is 0.350. The second kappa shape index (κ2) is 7.46. The van der Waals surface area contributed by atoms with Gasteiger partial charge in [0, 0.05) is 49.5 Å². The van der Waals surface area contributed by atoms with E-state index in [1.807, 2.05) is 6.07 Å². The number of nitrogens with zero attached hydrogens (tertiary/aromatic N) is 3. The largest absolute Gasteiger partial charge is 0.377 e. The molecule has 2 fully saturated rings. The van der Waals surface area contributed by atoms with E-state index in [2.05, 4.69) is 10.2 Å².